The average molecular weight is 507 g/mol. The van der Waals surface area contributed by atoms with E-state index in [2.05, 4.69) is 10.6 Å². The minimum atomic E-state index is -4.06. The van der Waals surface area contributed by atoms with E-state index in [1.54, 1.807) is 43.6 Å². The van der Waals surface area contributed by atoms with Gasteiger partial charge in [-0.05, 0) is 51.1 Å². The van der Waals surface area contributed by atoms with E-state index in [4.69, 9.17) is 4.42 Å². The largest absolute Gasteiger partial charge is 0.456 e. The van der Waals surface area contributed by atoms with Crippen LogP contribution in [0.3, 0.4) is 0 Å². The maximum absolute atomic E-state index is 13.6. The number of amides is 3. The number of rotatable bonds is 5. The molecule has 1 fully saturated rings. The molecule has 12 heteroatoms. The average Bonchev–Trinajstić information content (AvgIpc) is 3.14. The number of nitrogens with zero attached hydrogens (tertiary/aromatic N) is 1. The van der Waals surface area contributed by atoms with Crippen LogP contribution in [0.4, 0.5) is 10.5 Å². The molecule has 182 valence electrons. The highest BCUT2D eigenvalue weighted by atomic mass is 32.2. The van der Waals surface area contributed by atoms with Crippen molar-refractivity contribution in [1.29, 1.82) is 0 Å². The van der Waals surface area contributed by atoms with Crippen molar-refractivity contribution in [1.82, 2.24) is 15.1 Å². The van der Waals surface area contributed by atoms with Gasteiger partial charge in [0.15, 0.2) is 0 Å². The van der Waals surface area contributed by atoms with Crippen molar-refractivity contribution < 1.29 is 27.6 Å². The Morgan fingerprint density at radius 2 is 1.94 bits per heavy atom. The highest BCUT2D eigenvalue weighted by Crippen LogP contribution is 2.39. The standard InChI is InChI=1S/C22H26N4O6S2/c1-4-23-21(28)24-13-5-7-15-16-12-14(6-8-17(16)32-18(15)11-13)34(30,31)26-9-10-33-22(2,3)19(26)20(27)25-29/h5-8,11-12,19,29H,4,9-10H2,1-3H3,(H,25,27)(H2,23,24,28)/t19-/m0/s1. The monoisotopic (exact) mass is 506 g/mol. The van der Waals surface area contributed by atoms with Crippen LogP contribution in [0.5, 0.6) is 0 Å². The van der Waals surface area contributed by atoms with Gasteiger partial charge in [-0.3, -0.25) is 10.0 Å². The van der Waals surface area contributed by atoms with E-state index in [9.17, 15) is 23.2 Å². The number of anilines is 1. The van der Waals surface area contributed by atoms with E-state index in [1.165, 1.54) is 23.9 Å². The van der Waals surface area contributed by atoms with Crippen LogP contribution in [-0.4, -0.2) is 59.5 Å². The van der Waals surface area contributed by atoms with Crippen LogP contribution in [-0.2, 0) is 14.8 Å². The minimum absolute atomic E-state index is 0.0191. The minimum Gasteiger partial charge on any atom is -0.456 e. The zero-order chi connectivity index (χ0) is 24.7. The zero-order valence-corrected chi connectivity index (χ0v) is 20.5. The first-order valence-electron chi connectivity index (χ1n) is 10.7. The molecule has 1 aliphatic rings. The van der Waals surface area contributed by atoms with Crippen molar-refractivity contribution in [3.8, 4) is 0 Å². The molecule has 3 amide bonds. The van der Waals surface area contributed by atoms with Gasteiger partial charge < -0.3 is 15.1 Å². The van der Waals surface area contributed by atoms with Crippen molar-refractivity contribution in [2.75, 3.05) is 24.2 Å². The number of urea groups is 1. The Labute approximate surface area is 201 Å². The van der Waals surface area contributed by atoms with Gasteiger partial charge in [0.1, 0.15) is 17.2 Å². The fourth-order valence-electron chi connectivity index (χ4n) is 4.19. The molecule has 4 rings (SSSR count). The van der Waals surface area contributed by atoms with Crippen LogP contribution < -0.4 is 16.1 Å². The summed E-state index contributed by atoms with van der Waals surface area (Å²) < 4.78 is 33.5. The van der Waals surface area contributed by atoms with Crippen LogP contribution in [0.2, 0.25) is 0 Å². The number of hydroxylamine groups is 1. The number of thioether (sulfide) groups is 1. The van der Waals surface area contributed by atoms with Gasteiger partial charge in [-0.25, -0.2) is 18.7 Å². The molecule has 0 saturated carbocycles. The Balaban J connectivity index is 1.74. The lowest BCUT2D eigenvalue weighted by atomic mass is 10.0. The molecule has 1 aliphatic heterocycles. The predicted molar refractivity (Wildman–Crippen MR) is 131 cm³/mol. The normalized spacial score (nSPS) is 18.6. The Kier molecular flexibility index (Phi) is 6.51. The van der Waals surface area contributed by atoms with E-state index >= 15 is 0 Å². The molecule has 4 N–H and O–H groups in total. The molecule has 2 heterocycles. The lowest BCUT2D eigenvalue weighted by Gasteiger charge is -2.43. The summed E-state index contributed by atoms with van der Waals surface area (Å²) in [6.07, 6.45) is 0. The van der Waals surface area contributed by atoms with Gasteiger partial charge in [0.25, 0.3) is 5.91 Å². The summed E-state index contributed by atoms with van der Waals surface area (Å²) in [5, 5.41) is 15.9. The van der Waals surface area contributed by atoms with Gasteiger partial charge in [0, 0.05) is 46.1 Å². The second kappa shape index (κ2) is 9.10. The molecule has 10 nitrogen and oxygen atoms in total. The zero-order valence-electron chi connectivity index (χ0n) is 18.9. The summed E-state index contributed by atoms with van der Waals surface area (Å²) in [5.41, 5.74) is 3.13. The Hall–Kier alpha value is -2.80. The van der Waals surface area contributed by atoms with Crippen molar-refractivity contribution in [2.24, 2.45) is 0 Å². The van der Waals surface area contributed by atoms with E-state index in [-0.39, 0.29) is 17.5 Å². The van der Waals surface area contributed by atoms with Crippen LogP contribution in [0.15, 0.2) is 45.7 Å². The summed E-state index contributed by atoms with van der Waals surface area (Å²) >= 11 is 1.47. The quantitative estimate of drug-likeness (QED) is 0.308. The second-order valence-electron chi connectivity index (χ2n) is 8.40. The van der Waals surface area contributed by atoms with Gasteiger partial charge in [0.2, 0.25) is 10.0 Å². The molecule has 1 aromatic heterocycles. The summed E-state index contributed by atoms with van der Waals surface area (Å²) in [6.45, 7) is 5.99. The molecule has 0 bridgehead atoms. The third-order valence-corrected chi connectivity index (χ3v) is 8.95. The SMILES string of the molecule is CCNC(=O)Nc1ccc2c(c1)oc1ccc(S(=O)(=O)N3CCSC(C)(C)[C@@H]3C(=O)NO)cc12. The fraction of sp³-hybridized carbons (Fsp3) is 0.364. The summed E-state index contributed by atoms with van der Waals surface area (Å²) in [7, 11) is -4.06. The maximum atomic E-state index is 13.6. The molecular weight excluding hydrogens is 480 g/mol. The number of hydrogen-bond donors (Lipinski definition) is 4. The fourth-order valence-corrected chi connectivity index (χ4v) is 7.32. The second-order valence-corrected chi connectivity index (χ2v) is 12.0. The first-order chi connectivity index (χ1) is 16.1. The van der Waals surface area contributed by atoms with Crippen LogP contribution >= 0.6 is 11.8 Å². The molecule has 0 unspecified atom stereocenters. The van der Waals surface area contributed by atoms with E-state index in [0.717, 1.165) is 4.31 Å². The highest BCUT2D eigenvalue weighted by molar-refractivity contribution is 8.01. The van der Waals surface area contributed by atoms with E-state index < -0.39 is 26.7 Å². The van der Waals surface area contributed by atoms with Crippen LogP contribution in [0.25, 0.3) is 21.9 Å². The number of furan rings is 1. The molecule has 2 aromatic carbocycles. The lowest BCUT2D eigenvalue weighted by molar-refractivity contribution is -0.134. The number of nitrogens with one attached hydrogen (secondary N) is 3. The summed E-state index contributed by atoms with van der Waals surface area (Å²) in [4.78, 5) is 24.3. The third-order valence-electron chi connectivity index (χ3n) is 5.74. The van der Waals surface area contributed by atoms with Gasteiger partial charge in [-0.15, -0.1) is 0 Å². The van der Waals surface area contributed by atoms with Gasteiger partial charge in [-0.2, -0.15) is 16.1 Å². The topological polar surface area (TPSA) is 141 Å². The molecule has 0 spiro atoms. The number of fused-ring (bicyclic) bond motifs is 3. The Morgan fingerprint density at radius 1 is 1.18 bits per heavy atom. The van der Waals surface area contributed by atoms with Crippen molar-refractivity contribution in [3.63, 3.8) is 0 Å². The van der Waals surface area contributed by atoms with Crippen molar-refractivity contribution in [2.45, 2.75) is 36.5 Å². The summed E-state index contributed by atoms with van der Waals surface area (Å²) in [6, 6.07) is 8.25. The van der Waals surface area contributed by atoms with Crippen LogP contribution in [0.1, 0.15) is 20.8 Å². The Morgan fingerprint density at radius 3 is 2.65 bits per heavy atom. The number of benzene rings is 2. The third kappa shape index (κ3) is 4.33. The smallest absolute Gasteiger partial charge is 0.319 e. The molecule has 3 aromatic rings. The molecule has 0 aliphatic carbocycles. The first kappa shape index (κ1) is 24.3. The Bertz CT molecular complexity index is 1370. The van der Waals surface area contributed by atoms with Gasteiger partial charge >= 0.3 is 6.03 Å². The van der Waals surface area contributed by atoms with Gasteiger partial charge in [-0.1, -0.05) is 0 Å². The number of carbonyl (C=O) groups is 2. The lowest BCUT2D eigenvalue weighted by Crippen LogP contribution is -2.61. The number of sulfonamides is 1. The van der Waals surface area contributed by atoms with E-state index in [0.29, 0.717) is 39.9 Å². The molecular formula is C22H26N4O6S2. The number of hydrogen-bond acceptors (Lipinski definition) is 7. The van der Waals surface area contributed by atoms with Crippen LogP contribution in [0, 0.1) is 0 Å². The van der Waals surface area contributed by atoms with Crippen molar-refractivity contribution in [3.05, 3.63) is 36.4 Å². The molecule has 1 saturated heterocycles. The first-order valence-corrected chi connectivity index (χ1v) is 13.1. The van der Waals surface area contributed by atoms with E-state index in [1.807, 2.05) is 6.92 Å². The van der Waals surface area contributed by atoms with Crippen molar-refractivity contribution >= 4 is 61.3 Å². The predicted octanol–water partition coefficient (Wildman–Crippen LogP) is 3.12. The summed E-state index contributed by atoms with van der Waals surface area (Å²) in [5.74, 6) is -0.262. The number of carbonyl (C=O) groups excluding carboxylic acids is 2. The molecule has 1 atom stereocenters. The van der Waals surface area contributed by atoms with Gasteiger partial charge in [0.05, 0.1) is 4.90 Å². The maximum Gasteiger partial charge on any atom is 0.319 e. The highest BCUT2D eigenvalue weighted by Gasteiger charge is 2.48. The molecule has 0 radical (unpaired) electrons. The molecule has 34 heavy (non-hydrogen) atoms.